The number of hydrogen-bond acceptors (Lipinski definition) is 2. The molecule has 2 aromatic carbocycles. The van der Waals surface area contributed by atoms with Crippen LogP contribution in [-0.2, 0) is 6.61 Å². The maximum absolute atomic E-state index is 13.6. The molecule has 0 aromatic heterocycles. The number of nitrogens with one attached hydrogen (secondary N) is 1. The molecule has 19 heavy (non-hydrogen) atoms. The van der Waals surface area contributed by atoms with E-state index in [0.29, 0.717) is 15.7 Å². The summed E-state index contributed by atoms with van der Waals surface area (Å²) in [6.45, 7) is -0.115. The second kappa shape index (κ2) is 5.95. The van der Waals surface area contributed by atoms with E-state index >= 15 is 0 Å². The largest absolute Gasteiger partial charge is 0.392 e. The van der Waals surface area contributed by atoms with E-state index in [0.717, 1.165) is 0 Å². The molecule has 0 bridgehead atoms. The number of benzene rings is 2. The number of amides is 1. The van der Waals surface area contributed by atoms with E-state index in [-0.39, 0.29) is 12.2 Å². The zero-order chi connectivity index (χ0) is 13.8. The lowest BCUT2D eigenvalue weighted by Gasteiger charge is -2.07. The fourth-order valence-electron chi connectivity index (χ4n) is 1.62. The maximum Gasteiger partial charge on any atom is 0.258 e. The Morgan fingerprint density at radius 1 is 1.26 bits per heavy atom. The summed E-state index contributed by atoms with van der Waals surface area (Å²) in [7, 11) is 0. The van der Waals surface area contributed by atoms with Gasteiger partial charge >= 0.3 is 0 Å². The first kappa shape index (κ1) is 13.7. The molecule has 2 rings (SSSR count). The van der Waals surface area contributed by atoms with Crippen LogP contribution in [-0.4, -0.2) is 11.0 Å². The van der Waals surface area contributed by atoms with Crippen molar-refractivity contribution in [2.24, 2.45) is 0 Å². The van der Waals surface area contributed by atoms with Crippen molar-refractivity contribution in [3.63, 3.8) is 0 Å². The molecule has 98 valence electrons. The summed E-state index contributed by atoms with van der Waals surface area (Å²) in [4.78, 5) is 11.9. The summed E-state index contributed by atoms with van der Waals surface area (Å²) in [6.07, 6.45) is 0. The van der Waals surface area contributed by atoms with Crippen LogP contribution < -0.4 is 5.32 Å². The number of carbonyl (C=O) groups is 1. The molecule has 0 saturated heterocycles. The van der Waals surface area contributed by atoms with Crippen molar-refractivity contribution in [2.45, 2.75) is 6.61 Å². The van der Waals surface area contributed by atoms with Crippen LogP contribution in [0.2, 0.25) is 0 Å². The van der Waals surface area contributed by atoms with Gasteiger partial charge in [0.05, 0.1) is 12.2 Å². The molecule has 0 fully saturated rings. The molecule has 3 nitrogen and oxygen atoms in total. The second-order valence-corrected chi connectivity index (χ2v) is 4.85. The van der Waals surface area contributed by atoms with E-state index in [1.54, 1.807) is 30.3 Å². The van der Waals surface area contributed by atoms with Crippen molar-refractivity contribution >= 4 is 27.5 Å². The molecule has 0 atom stereocenters. The highest BCUT2D eigenvalue weighted by Crippen LogP contribution is 2.17. The number of hydrogen-bond donors (Lipinski definition) is 2. The Balaban J connectivity index is 2.20. The molecule has 0 spiro atoms. The summed E-state index contributed by atoms with van der Waals surface area (Å²) in [5.74, 6) is -1.12. The number of anilines is 1. The predicted octanol–water partition coefficient (Wildman–Crippen LogP) is 3.33. The zero-order valence-electron chi connectivity index (χ0n) is 9.86. The van der Waals surface area contributed by atoms with Gasteiger partial charge in [0, 0.05) is 10.2 Å². The summed E-state index contributed by atoms with van der Waals surface area (Å²) >= 11 is 3.13. The van der Waals surface area contributed by atoms with Crippen molar-refractivity contribution in [3.8, 4) is 0 Å². The highest BCUT2D eigenvalue weighted by Gasteiger charge is 2.12. The van der Waals surface area contributed by atoms with Crippen molar-refractivity contribution in [2.75, 3.05) is 5.32 Å². The Bertz CT molecular complexity index is 616. The van der Waals surface area contributed by atoms with Gasteiger partial charge in [-0.05, 0) is 35.9 Å². The molecule has 0 saturated carbocycles. The van der Waals surface area contributed by atoms with E-state index in [1.165, 1.54) is 12.1 Å². The Labute approximate surface area is 118 Å². The molecule has 1 amide bonds. The van der Waals surface area contributed by atoms with Crippen LogP contribution in [0.4, 0.5) is 10.1 Å². The third-order valence-electron chi connectivity index (χ3n) is 2.54. The van der Waals surface area contributed by atoms with Gasteiger partial charge in [0.2, 0.25) is 0 Å². The van der Waals surface area contributed by atoms with Gasteiger partial charge in [0.25, 0.3) is 5.91 Å². The predicted molar refractivity (Wildman–Crippen MR) is 74.4 cm³/mol. The standard InChI is InChI=1S/C14H11BrFNO2/c15-10-4-5-12(13(16)7-10)14(19)17-11-3-1-2-9(6-11)8-18/h1-7,18H,8H2,(H,17,19). The minimum absolute atomic E-state index is 0.0300. The van der Waals surface area contributed by atoms with Crippen LogP contribution in [0.1, 0.15) is 15.9 Å². The minimum atomic E-state index is -0.592. The molecule has 5 heteroatoms. The van der Waals surface area contributed by atoms with Crippen LogP contribution in [0.5, 0.6) is 0 Å². The SMILES string of the molecule is O=C(Nc1cccc(CO)c1)c1ccc(Br)cc1F. The number of aliphatic hydroxyl groups excluding tert-OH is 1. The van der Waals surface area contributed by atoms with Gasteiger partial charge in [-0.3, -0.25) is 4.79 Å². The van der Waals surface area contributed by atoms with Crippen LogP contribution >= 0.6 is 15.9 Å². The molecule has 0 radical (unpaired) electrons. The summed E-state index contributed by atoms with van der Waals surface area (Å²) in [5.41, 5.74) is 1.16. The Morgan fingerprint density at radius 3 is 2.74 bits per heavy atom. The number of halogens is 2. The number of aliphatic hydroxyl groups is 1. The van der Waals surface area contributed by atoms with Gasteiger partial charge < -0.3 is 10.4 Å². The molecule has 0 aliphatic rings. The summed E-state index contributed by atoms with van der Waals surface area (Å²) < 4.78 is 14.2. The zero-order valence-corrected chi connectivity index (χ0v) is 11.4. The fraction of sp³-hybridized carbons (Fsp3) is 0.0714. The van der Waals surface area contributed by atoms with Gasteiger partial charge in [0.1, 0.15) is 5.82 Å². The van der Waals surface area contributed by atoms with E-state index in [4.69, 9.17) is 5.11 Å². The van der Waals surface area contributed by atoms with Crippen molar-refractivity contribution in [1.82, 2.24) is 0 Å². The first-order valence-corrected chi connectivity index (χ1v) is 6.35. The van der Waals surface area contributed by atoms with E-state index < -0.39 is 11.7 Å². The van der Waals surface area contributed by atoms with E-state index in [2.05, 4.69) is 21.2 Å². The minimum Gasteiger partial charge on any atom is -0.392 e. The number of rotatable bonds is 3. The van der Waals surface area contributed by atoms with Crippen molar-refractivity contribution < 1.29 is 14.3 Å². The number of carbonyl (C=O) groups excluding carboxylic acids is 1. The van der Waals surface area contributed by atoms with E-state index in [1.807, 2.05) is 0 Å². The smallest absolute Gasteiger partial charge is 0.258 e. The quantitative estimate of drug-likeness (QED) is 0.910. The highest BCUT2D eigenvalue weighted by molar-refractivity contribution is 9.10. The normalized spacial score (nSPS) is 10.3. The molecule has 2 N–H and O–H groups in total. The molecular weight excluding hydrogens is 313 g/mol. The lowest BCUT2D eigenvalue weighted by molar-refractivity contribution is 0.102. The van der Waals surface area contributed by atoms with Crippen LogP contribution in [0.15, 0.2) is 46.9 Å². The van der Waals surface area contributed by atoms with Gasteiger partial charge in [0.15, 0.2) is 0 Å². The lowest BCUT2D eigenvalue weighted by Crippen LogP contribution is -2.13. The molecule has 0 unspecified atom stereocenters. The average Bonchev–Trinajstić information content (AvgIpc) is 2.38. The monoisotopic (exact) mass is 323 g/mol. The van der Waals surface area contributed by atoms with Crippen molar-refractivity contribution in [3.05, 3.63) is 63.9 Å². The van der Waals surface area contributed by atoms with Gasteiger partial charge in [-0.1, -0.05) is 28.1 Å². The third-order valence-corrected chi connectivity index (χ3v) is 3.04. The van der Waals surface area contributed by atoms with Crippen LogP contribution in [0.3, 0.4) is 0 Å². The highest BCUT2D eigenvalue weighted by atomic mass is 79.9. The van der Waals surface area contributed by atoms with Crippen LogP contribution in [0, 0.1) is 5.82 Å². The Kier molecular flexibility index (Phi) is 4.29. The maximum atomic E-state index is 13.6. The molecule has 2 aromatic rings. The molecule has 0 aliphatic carbocycles. The summed E-state index contributed by atoms with van der Waals surface area (Å²) in [5, 5.41) is 11.6. The van der Waals surface area contributed by atoms with E-state index in [9.17, 15) is 9.18 Å². The Hall–Kier alpha value is -1.72. The van der Waals surface area contributed by atoms with Gasteiger partial charge in [-0.15, -0.1) is 0 Å². The Morgan fingerprint density at radius 2 is 2.05 bits per heavy atom. The molecule has 0 heterocycles. The lowest BCUT2D eigenvalue weighted by atomic mass is 10.1. The first-order valence-electron chi connectivity index (χ1n) is 5.56. The van der Waals surface area contributed by atoms with Crippen LogP contribution in [0.25, 0.3) is 0 Å². The summed E-state index contributed by atoms with van der Waals surface area (Å²) in [6, 6.07) is 11.0. The third kappa shape index (κ3) is 3.39. The van der Waals surface area contributed by atoms with Crippen molar-refractivity contribution in [1.29, 1.82) is 0 Å². The topological polar surface area (TPSA) is 49.3 Å². The molecule has 0 aliphatic heterocycles. The first-order chi connectivity index (χ1) is 9.10. The van der Waals surface area contributed by atoms with Gasteiger partial charge in [-0.2, -0.15) is 0 Å². The second-order valence-electron chi connectivity index (χ2n) is 3.94. The van der Waals surface area contributed by atoms with Gasteiger partial charge in [-0.25, -0.2) is 4.39 Å². The molecular formula is C14H11BrFNO2. The average molecular weight is 324 g/mol. The fourth-order valence-corrected chi connectivity index (χ4v) is 1.95.